The fourth-order valence-corrected chi connectivity index (χ4v) is 2.54. The van der Waals surface area contributed by atoms with Crippen molar-refractivity contribution in [3.05, 3.63) is 77.9 Å². The summed E-state index contributed by atoms with van der Waals surface area (Å²) in [5.74, 6) is -1.26. The lowest BCUT2D eigenvalue weighted by molar-refractivity contribution is -0.137. The number of pyridine rings is 1. The van der Waals surface area contributed by atoms with Gasteiger partial charge in [-0.2, -0.15) is 5.10 Å². The maximum Gasteiger partial charge on any atom is 0.305 e. The predicted molar refractivity (Wildman–Crippen MR) is 95.9 cm³/mol. The molecule has 3 rings (SSSR count). The molecule has 1 aromatic carbocycles. The van der Waals surface area contributed by atoms with E-state index in [0.29, 0.717) is 11.4 Å². The van der Waals surface area contributed by atoms with E-state index >= 15 is 0 Å². The fraction of sp³-hybridized carbons (Fsp3) is 0.158. The molecule has 0 unspecified atom stereocenters. The van der Waals surface area contributed by atoms with Crippen LogP contribution in [0.2, 0.25) is 0 Å². The number of hydrogen-bond acceptors (Lipinski definition) is 4. The summed E-state index contributed by atoms with van der Waals surface area (Å²) in [6.07, 6.45) is 5.70. The van der Waals surface area contributed by atoms with Crippen LogP contribution in [0.1, 0.15) is 28.0 Å². The Morgan fingerprint density at radius 1 is 0.962 bits per heavy atom. The predicted octanol–water partition coefficient (Wildman–Crippen LogP) is 2.60. The highest BCUT2D eigenvalue weighted by molar-refractivity contribution is 6.03. The van der Waals surface area contributed by atoms with Gasteiger partial charge in [0.05, 0.1) is 13.0 Å². The molecule has 3 aromatic rings. The first-order chi connectivity index (χ1) is 12.6. The summed E-state index contributed by atoms with van der Waals surface area (Å²) in [4.78, 5) is 27.1. The average Bonchev–Trinajstić information content (AvgIpc) is 3.11. The maximum atomic E-state index is 12.4. The molecule has 0 radical (unpaired) electrons. The lowest BCUT2D eigenvalue weighted by Crippen LogP contribution is -2.18. The molecule has 7 heteroatoms. The number of benzene rings is 1. The van der Waals surface area contributed by atoms with Crippen LogP contribution in [0.4, 0.5) is 5.69 Å². The zero-order valence-corrected chi connectivity index (χ0v) is 14.0. The van der Waals surface area contributed by atoms with E-state index in [1.54, 1.807) is 18.5 Å². The normalized spacial score (nSPS) is 10.5. The Balaban J connectivity index is 1.63. The zero-order valence-electron chi connectivity index (χ0n) is 14.0. The van der Waals surface area contributed by atoms with E-state index in [-0.39, 0.29) is 18.9 Å². The van der Waals surface area contributed by atoms with Crippen molar-refractivity contribution in [2.24, 2.45) is 0 Å². The van der Waals surface area contributed by atoms with Gasteiger partial charge >= 0.3 is 5.97 Å². The lowest BCUT2D eigenvalue weighted by Gasteiger charge is -2.08. The van der Waals surface area contributed by atoms with Crippen molar-refractivity contribution < 1.29 is 14.7 Å². The monoisotopic (exact) mass is 350 g/mol. The Hall–Kier alpha value is -3.48. The number of nitrogens with zero attached hydrogens (tertiary/aromatic N) is 3. The smallest absolute Gasteiger partial charge is 0.305 e. The number of hydrogen-bond donors (Lipinski definition) is 2. The minimum Gasteiger partial charge on any atom is -0.481 e. The van der Waals surface area contributed by atoms with Gasteiger partial charge in [-0.15, -0.1) is 0 Å². The zero-order chi connectivity index (χ0) is 18.4. The Bertz CT molecular complexity index is 889. The van der Waals surface area contributed by atoms with E-state index in [0.717, 1.165) is 12.0 Å². The molecule has 0 atom stereocenters. The molecule has 0 aliphatic heterocycles. The molecule has 132 valence electrons. The van der Waals surface area contributed by atoms with Crippen LogP contribution < -0.4 is 5.32 Å². The molecule has 2 aromatic heterocycles. The lowest BCUT2D eigenvalue weighted by atomic mass is 10.1. The molecule has 0 saturated carbocycles. The summed E-state index contributed by atoms with van der Waals surface area (Å²) >= 11 is 0. The van der Waals surface area contributed by atoms with Crippen molar-refractivity contribution in [1.29, 1.82) is 0 Å². The van der Waals surface area contributed by atoms with Gasteiger partial charge in [-0.05, 0) is 47.9 Å². The number of carbonyl (C=O) groups is 2. The minimum absolute atomic E-state index is 0.0916. The van der Waals surface area contributed by atoms with Gasteiger partial charge in [-0.3, -0.25) is 19.3 Å². The largest absolute Gasteiger partial charge is 0.481 e. The van der Waals surface area contributed by atoms with E-state index in [4.69, 9.17) is 5.11 Å². The maximum absolute atomic E-state index is 12.4. The van der Waals surface area contributed by atoms with Crippen LogP contribution in [-0.2, 0) is 17.8 Å². The van der Waals surface area contributed by atoms with Gasteiger partial charge < -0.3 is 10.4 Å². The fourth-order valence-electron chi connectivity index (χ4n) is 2.54. The van der Waals surface area contributed by atoms with Gasteiger partial charge in [-0.25, -0.2) is 0 Å². The second-order valence-corrected chi connectivity index (χ2v) is 5.77. The first-order valence-corrected chi connectivity index (χ1v) is 8.14. The number of amides is 1. The van der Waals surface area contributed by atoms with E-state index < -0.39 is 5.97 Å². The molecule has 0 fully saturated rings. The number of carbonyl (C=O) groups excluding carboxylic acids is 1. The molecular weight excluding hydrogens is 332 g/mol. The summed E-state index contributed by atoms with van der Waals surface area (Å²) < 4.78 is 1.39. The third-order valence-corrected chi connectivity index (χ3v) is 3.86. The number of carboxylic acids is 1. The second kappa shape index (κ2) is 8.06. The SMILES string of the molecule is O=C(O)CCn1nccc1C(=O)Nc1ccc(Cc2ccncc2)cc1. The standard InChI is InChI=1S/C19H18N4O3/c24-18(25)8-12-23-17(7-11-21-23)19(26)22-16-3-1-14(2-4-16)13-15-5-9-20-10-6-15/h1-7,9-11H,8,12-13H2,(H,22,26)(H,24,25). The van der Waals surface area contributed by atoms with Gasteiger partial charge in [0.1, 0.15) is 5.69 Å². The Morgan fingerprint density at radius 3 is 2.35 bits per heavy atom. The minimum atomic E-state index is -0.934. The highest BCUT2D eigenvalue weighted by atomic mass is 16.4. The van der Waals surface area contributed by atoms with Crippen LogP contribution >= 0.6 is 0 Å². The van der Waals surface area contributed by atoms with Gasteiger partial charge in [0.2, 0.25) is 0 Å². The Labute approximate surface area is 150 Å². The Kier molecular flexibility index (Phi) is 5.38. The number of carboxylic acid groups (broad SMARTS) is 1. The highest BCUT2D eigenvalue weighted by Gasteiger charge is 2.13. The van der Waals surface area contributed by atoms with E-state index in [9.17, 15) is 9.59 Å². The van der Waals surface area contributed by atoms with E-state index in [2.05, 4.69) is 15.4 Å². The summed E-state index contributed by atoms with van der Waals surface area (Å²) in [5, 5.41) is 15.6. The first kappa shape index (κ1) is 17.3. The number of nitrogens with one attached hydrogen (secondary N) is 1. The van der Waals surface area contributed by atoms with Crippen molar-refractivity contribution in [2.75, 3.05) is 5.32 Å². The van der Waals surface area contributed by atoms with Gasteiger partial charge in [-0.1, -0.05) is 12.1 Å². The summed E-state index contributed by atoms with van der Waals surface area (Å²) in [6.45, 7) is 0.149. The van der Waals surface area contributed by atoms with Gasteiger partial charge in [0, 0.05) is 24.3 Å². The molecule has 0 aliphatic carbocycles. The second-order valence-electron chi connectivity index (χ2n) is 5.77. The number of aromatic nitrogens is 3. The van der Waals surface area contributed by atoms with Crippen LogP contribution in [0, 0.1) is 0 Å². The van der Waals surface area contributed by atoms with Gasteiger partial charge in [0.15, 0.2) is 0 Å². The highest BCUT2D eigenvalue weighted by Crippen LogP contribution is 2.14. The number of aliphatic carboxylic acids is 1. The molecule has 1 amide bonds. The third-order valence-electron chi connectivity index (χ3n) is 3.86. The molecule has 0 saturated heterocycles. The quantitative estimate of drug-likeness (QED) is 0.683. The number of rotatable bonds is 7. The van der Waals surface area contributed by atoms with Crippen molar-refractivity contribution in [3.63, 3.8) is 0 Å². The summed E-state index contributed by atoms with van der Waals surface area (Å²) in [6, 6.07) is 13.1. The van der Waals surface area contributed by atoms with Crippen LogP contribution in [0.5, 0.6) is 0 Å². The van der Waals surface area contributed by atoms with Crippen molar-refractivity contribution >= 4 is 17.6 Å². The third kappa shape index (κ3) is 4.54. The number of anilines is 1. The van der Waals surface area contributed by atoms with E-state index in [1.807, 2.05) is 36.4 Å². The first-order valence-electron chi connectivity index (χ1n) is 8.14. The van der Waals surface area contributed by atoms with Gasteiger partial charge in [0.25, 0.3) is 5.91 Å². The molecule has 2 N–H and O–H groups in total. The van der Waals surface area contributed by atoms with Crippen LogP contribution in [0.15, 0.2) is 61.1 Å². The molecule has 26 heavy (non-hydrogen) atoms. The van der Waals surface area contributed by atoms with Crippen LogP contribution in [0.3, 0.4) is 0 Å². The molecule has 7 nitrogen and oxygen atoms in total. The average molecular weight is 350 g/mol. The number of aryl methyl sites for hydroxylation is 1. The topological polar surface area (TPSA) is 97.1 Å². The molecule has 0 aliphatic rings. The summed E-state index contributed by atoms with van der Waals surface area (Å²) in [7, 11) is 0. The van der Waals surface area contributed by atoms with E-state index in [1.165, 1.54) is 16.4 Å². The molecule has 0 spiro atoms. The van der Waals surface area contributed by atoms with Crippen molar-refractivity contribution in [2.45, 2.75) is 19.4 Å². The van der Waals surface area contributed by atoms with Crippen molar-refractivity contribution in [3.8, 4) is 0 Å². The van der Waals surface area contributed by atoms with Crippen LogP contribution in [-0.4, -0.2) is 31.7 Å². The Morgan fingerprint density at radius 2 is 1.65 bits per heavy atom. The molecule has 2 heterocycles. The summed E-state index contributed by atoms with van der Waals surface area (Å²) in [5.41, 5.74) is 3.28. The van der Waals surface area contributed by atoms with Crippen molar-refractivity contribution in [1.82, 2.24) is 14.8 Å². The molecular formula is C19H18N4O3. The molecule has 0 bridgehead atoms. The van der Waals surface area contributed by atoms with Crippen LogP contribution in [0.25, 0.3) is 0 Å².